The lowest BCUT2D eigenvalue weighted by molar-refractivity contribution is -0.142. The Morgan fingerprint density at radius 3 is 2.65 bits per heavy atom. The van der Waals surface area contributed by atoms with Crippen LogP contribution in [0.2, 0.25) is 0 Å². The first-order chi connectivity index (χ1) is 20.9. The number of hydrogen-bond acceptors (Lipinski definition) is 7. The van der Waals surface area contributed by atoms with Gasteiger partial charge in [0.25, 0.3) is 0 Å². The Bertz CT molecular complexity index is 1690. The number of nitriles is 1. The quantitative estimate of drug-likeness (QED) is 0.0917. The molecular weight excluding hydrogens is 540 g/mol. The van der Waals surface area contributed by atoms with E-state index in [1.165, 1.54) is 0 Å². The van der Waals surface area contributed by atoms with Gasteiger partial charge in [0.15, 0.2) is 0 Å². The molecule has 0 amide bonds. The van der Waals surface area contributed by atoms with Crippen molar-refractivity contribution in [2.45, 2.75) is 53.4 Å². The molecule has 0 aliphatic carbocycles. The molecule has 0 saturated carbocycles. The number of ether oxygens (including phenoxy) is 3. The minimum Gasteiger partial charge on any atom is -0.487 e. The summed E-state index contributed by atoms with van der Waals surface area (Å²) in [5.74, 6) is 0.695. The molecule has 0 atom stereocenters. The first-order valence-corrected chi connectivity index (χ1v) is 14.2. The SMILES string of the molecule is C=C/C(CC(=O)OCC)=C(\C=C/C)OCc1nn(C(C)C)c2ccc(-c3cccc(C#N)c3OCc3cccnc3)cc12. The lowest BCUT2D eigenvalue weighted by atomic mass is 9.99. The maximum Gasteiger partial charge on any atom is 0.310 e. The van der Waals surface area contributed by atoms with E-state index in [0.29, 0.717) is 29.3 Å². The van der Waals surface area contributed by atoms with Gasteiger partial charge in [-0.05, 0) is 63.6 Å². The van der Waals surface area contributed by atoms with Gasteiger partial charge in [-0.3, -0.25) is 14.5 Å². The molecule has 8 heteroatoms. The highest BCUT2D eigenvalue weighted by Crippen LogP contribution is 2.36. The Labute approximate surface area is 252 Å². The molecule has 0 aliphatic rings. The third-order valence-electron chi connectivity index (χ3n) is 6.71. The smallest absolute Gasteiger partial charge is 0.310 e. The number of pyridine rings is 1. The molecule has 2 heterocycles. The Balaban J connectivity index is 1.74. The average Bonchev–Trinajstić information content (AvgIpc) is 3.39. The number of benzene rings is 2. The maximum atomic E-state index is 12.2. The topological polar surface area (TPSA) is 99.3 Å². The molecule has 0 N–H and O–H groups in total. The van der Waals surface area contributed by atoms with Crippen LogP contribution >= 0.6 is 0 Å². The number of carbonyl (C=O) groups is 1. The number of rotatable bonds is 13. The van der Waals surface area contributed by atoms with Gasteiger partial charge in [0.1, 0.15) is 36.5 Å². The molecule has 0 saturated heterocycles. The summed E-state index contributed by atoms with van der Waals surface area (Å²) in [6, 6.07) is 17.8. The van der Waals surface area contributed by atoms with E-state index >= 15 is 0 Å². The van der Waals surface area contributed by atoms with Crippen molar-refractivity contribution in [3.63, 3.8) is 0 Å². The summed E-state index contributed by atoms with van der Waals surface area (Å²) >= 11 is 0. The van der Waals surface area contributed by atoms with Crippen LogP contribution in [-0.2, 0) is 27.5 Å². The lowest BCUT2D eigenvalue weighted by Crippen LogP contribution is -2.07. The van der Waals surface area contributed by atoms with Crippen molar-refractivity contribution in [1.82, 2.24) is 14.8 Å². The molecule has 220 valence electrons. The van der Waals surface area contributed by atoms with Crippen molar-refractivity contribution in [2.75, 3.05) is 6.61 Å². The van der Waals surface area contributed by atoms with Gasteiger partial charge in [0, 0.05) is 40.5 Å². The van der Waals surface area contributed by atoms with Crippen LogP contribution in [0.15, 0.2) is 97.1 Å². The third-order valence-corrected chi connectivity index (χ3v) is 6.71. The van der Waals surface area contributed by atoms with Gasteiger partial charge in [0.05, 0.1) is 24.1 Å². The number of carbonyl (C=O) groups excluding carboxylic acids is 1. The van der Waals surface area contributed by atoms with Crippen LogP contribution in [-0.4, -0.2) is 27.3 Å². The van der Waals surface area contributed by atoms with E-state index in [1.807, 2.05) is 60.2 Å². The summed E-state index contributed by atoms with van der Waals surface area (Å²) < 4.78 is 19.6. The Kier molecular flexibility index (Phi) is 10.5. The molecule has 0 spiro atoms. The fourth-order valence-corrected chi connectivity index (χ4v) is 4.69. The number of esters is 1. The monoisotopic (exact) mass is 576 g/mol. The normalized spacial score (nSPS) is 11.8. The molecule has 2 aromatic heterocycles. The average molecular weight is 577 g/mol. The summed E-state index contributed by atoms with van der Waals surface area (Å²) in [5.41, 5.74) is 5.36. The molecule has 8 nitrogen and oxygen atoms in total. The summed E-state index contributed by atoms with van der Waals surface area (Å²) in [7, 11) is 0. The molecule has 4 rings (SSSR count). The molecule has 4 aromatic rings. The molecule has 0 bridgehead atoms. The minimum atomic E-state index is -0.344. The Morgan fingerprint density at radius 1 is 1.14 bits per heavy atom. The highest BCUT2D eigenvalue weighted by molar-refractivity contribution is 5.89. The van der Waals surface area contributed by atoms with E-state index in [-0.39, 0.29) is 31.6 Å². The van der Waals surface area contributed by atoms with E-state index in [0.717, 1.165) is 33.3 Å². The third kappa shape index (κ3) is 7.38. The van der Waals surface area contributed by atoms with Gasteiger partial charge in [-0.15, -0.1) is 0 Å². The minimum absolute atomic E-state index is 0.0550. The van der Waals surface area contributed by atoms with Crippen LogP contribution in [0.25, 0.3) is 22.0 Å². The van der Waals surface area contributed by atoms with Gasteiger partial charge in [0.2, 0.25) is 0 Å². The lowest BCUT2D eigenvalue weighted by Gasteiger charge is -2.14. The van der Waals surface area contributed by atoms with Crippen LogP contribution in [0.3, 0.4) is 0 Å². The van der Waals surface area contributed by atoms with Crippen molar-refractivity contribution in [2.24, 2.45) is 0 Å². The number of para-hydroxylation sites is 1. The first-order valence-electron chi connectivity index (χ1n) is 14.2. The van der Waals surface area contributed by atoms with Gasteiger partial charge in [-0.25, -0.2) is 0 Å². The number of nitrogens with zero attached hydrogens (tertiary/aromatic N) is 4. The van der Waals surface area contributed by atoms with Crippen molar-refractivity contribution in [1.29, 1.82) is 5.26 Å². The molecule has 0 aliphatic heterocycles. The van der Waals surface area contributed by atoms with Crippen molar-refractivity contribution < 1.29 is 19.0 Å². The number of aromatic nitrogens is 3. The number of fused-ring (bicyclic) bond motifs is 1. The highest BCUT2D eigenvalue weighted by atomic mass is 16.5. The Hall–Kier alpha value is -5.16. The van der Waals surface area contributed by atoms with E-state index in [4.69, 9.17) is 19.3 Å². The summed E-state index contributed by atoms with van der Waals surface area (Å²) in [6.07, 6.45) is 8.78. The van der Waals surface area contributed by atoms with Gasteiger partial charge < -0.3 is 14.2 Å². The van der Waals surface area contributed by atoms with E-state index in [9.17, 15) is 10.1 Å². The van der Waals surface area contributed by atoms with Crippen molar-refractivity contribution in [3.8, 4) is 22.9 Å². The molecule has 2 aromatic carbocycles. The molecule has 0 unspecified atom stereocenters. The van der Waals surface area contributed by atoms with Crippen LogP contribution in [0, 0.1) is 11.3 Å². The fourth-order valence-electron chi connectivity index (χ4n) is 4.69. The predicted octanol–water partition coefficient (Wildman–Crippen LogP) is 7.62. The first kappa shape index (κ1) is 30.8. The van der Waals surface area contributed by atoms with E-state index in [1.54, 1.807) is 31.5 Å². The second-order valence-electron chi connectivity index (χ2n) is 10.0. The van der Waals surface area contributed by atoms with Crippen molar-refractivity contribution >= 4 is 16.9 Å². The number of hydrogen-bond donors (Lipinski definition) is 0. The van der Waals surface area contributed by atoms with Crippen molar-refractivity contribution in [3.05, 3.63) is 114 Å². The van der Waals surface area contributed by atoms with Crippen LogP contribution < -0.4 is 4.74 Å². The molecule has 0 radical (unpaired) electrons. The molecule has 43 heavy (non-hydrogen) atoms. The van der Waals surface area contributed by atoms with E-state index in [2.05, 4.69) is 37.5 Å². The zero-order valence-corrected chi connectivity index (χ0v) is 25.0. The highest BCUT2D eigenvalue weighted by Gasteiger charge is 2.18. The van der Waals surface area contributed by atoms with Crippen LogP contribution in [0.1, 0.15) is 57.0 Å². The second-order valence-corrected chi connectivity index (χ2v) is 10.0. The van der Waals surface area contributed by atoms with Crippen LogP contribution in [0.5, 0.6) is 5.75 Å². The van der Waals surface area contributed by atoms with E-state index < -0.39 is 0 Å². The largest absolute Gasteiger partial charge is 0.487 e. The van der Waals surface area contributed by atoms with Gasteiger partial charge >= 0.3 is 5.97 Å². The second kappa shape index (κ2) is 14.6. The fraction of sp³-hybridized carbons (Fsp3) is 0.257. The summed E-state index contributed by atoms with van der Waals surface area (Å²) in [5, 5.41) is 15.7. The summed E-state index contributed by atoms with van der Waals surface area (Å²) in [4.78, 5) is 16.3. The Morgan fingerprint density at radius 2 is 1.98 bits per heavy atom. The zero-order valence-electron chi connectivity index (χ0n) is 25.0. The molecular formula is C35H36N4O4. The zero-order chi connectivity index (χ0) is 30.8. The molecule has 0 fully saturated rings. The standard InChI is InChI=1S/C35H36N4O4/c1-6-11-33(26(7-2)19-34(40)41-8-3)42-23-31-30-18-27(15-16-32(30)39(38-31)24(4)5)29-14-9-13-28(20-36)35(29)43-22-25-12-10-17-37-21-25/h6-7,9-18,21,24H,2,8,19,22-23H2,1,3-5H3/b11-6-,33-26-. The van der Waals surface area contributed by atoms with Gasteiger partial charge in [-0.1, -0.05) is 43.0 Å². The van der Waals surface area contributed by atoms with Crippen LogP contribution in [0.4, 0.5) is 0 Å². The predicted molar refractivity (Wildman–Crippen MR) is 167 cm³/mol. The summed E-state index contributed by atoms with van der Waals surface area (Å²) in [6.45, 7) is 12.4. The maximum absolute atomic E-state index is 12.2. The van der Waals surface area contributed by atoms with Gasteiger partial charge in [-0.2, -0.15) is 10.4 Å². The number of allylic oxidation sites excluding steroid dienone is 3.